The van der Waals surface area contributed by atoms with E-state index in [2.05, 4.69) is 4.85 Å². The Kier molecular flexibility index (Phi) is 3.77. The van der Waals surface area contributed by atoms with Crippen LogP contribution in [0.1, 0.15) is 13.8 Å². The van der Waals surface area contributed by atoms with Crippen LogP contribution in [-0.2, 0) is 4.79 Å². The molecule has 3 nitrogen and oxygen atoms in total. The fourth-order valence-electron chi connectivity index (χ4n) is 1.18. The molecule has 62 valence electrons. The van der Waals surface area contributed by atoms with Gasteiger partial charge in [-0.3, -0.25) is 4.90 Å². The van der Waals surface area contributed by atoms with Crippen molar-refractivity contribution in [2.45, 2.75) is 19.9 Å². The van der Waals surface area contributed by atoms with Crippen molar-refractivity contribution in [1.82, 2.24) is 4.90 Å². The number of hydrogen-bond acceptors (Lipinski definition) is 2. The molecule has 0 aromatic rings. The predicted molar refractivity (Wildman–Crippen MR) is 45.6 cm³/mol. The third-order valence-corrected chi connectivity index (χ3v) is 1.57. The number of carbonyl (C=O) groups excluding carboxylic acids is 1. The van der Waals surface area contributed by atoms with Crippen LogP contribution in [0.4, 0.5) is 0 Å². The molecule has 0 N–H and O–H groups in total. The van der Waals surface area contributed by atoms with Gasteiger partial charge in [0.05, 0.1) is 0 Å². The van der Waals surface area contributed by atoms with E-state index in [0.717, 1.165) is 0 Å². The molecular weight excluding hydrogens is 140 g/mol. The highest BCUT2D eigenvalue weighted by Crippen LogP contribution is 2.08. The van der Waals surface area contributed by atoms with Gasteiger partial charge in [0.25, 0.3) is 6.57 Å². The summed E-state index contributed by atoms with van der Waals surface area (Å²) in [5.41, 5.74) is 0. The van der Waals surface area contributed by atoms with Crippen molar-refractivity contribution >= 4 is 5.91 Å². The lowest BCUT2D eigenvalue weighted by molar-refractivity contribution is -0.120. The second-order valence-corrected chi connectivity index (χ2v) is 3.12. The summed E-state index contributed by atoms with van der Waals surface area (Å²) in [5, 5.41) is 0. The molecule has 3 heteroatoms. The summed E-state index contributed by atoms with van der Waals surface area (Å²) >= 11 is 0. The van der Waals surface area contributed by atoms with E-state index in [1.54, 1.807) is 0 Å². The number of hydrogen-bond donors (Lipinski definition) is 0. The van der Waals surface area contributed by atoms with Crippen LogP contribution < -0.4 is 0 Å². The zero-order valence-corrected chi connectivity index (χ0v) is 7.53. The Bertz CT molecular complexity index is 171. The Labute approximate surface area is 67.8 Å². The smallest absolute Gasteiger partial charge is 0.293 e. The lowest BCUT2D eigenvalue weighted by Gasteiger charge is -2.19. The molecule has 0 aromatic heterocycles. The highest BCUT2D eigenvalue weighted by Gasteiger charge is 2.31. The molecule has 0 fully saturated rings. The summed E-state index contributed by atoms with van der Waals surface area (Å²) < 4.78 is 0. The van der Waals surface area contributed by atoms with E-state index in [-0.39, 0.29) is 17.9 Å². The minimum Gasteiger partial charge on any atom is -0.293 e. The van der Waals surface area contributed by atoms with E-state index >= 15 is 0 Å². The van der Waals surface area contributed by atoms with Gasteiger partial charge in [0.15, 0.2) is 6.04 Å². The number of nitrogens with zero attached hydrogens (tertiary/aromatic N) is 2. The van der Waals surface area contributed by atoms with Crippen LogP contribution in [0.3, 0.4) is 0 Å². The van der Waals surface area contributed by atoms with Crippen LogP contribution in [0.25, 0.3) is 4.85 Å². The second-order valence-electron chi connectivity index (χ2n) is 3.12. The summed E-state index contributed by atoms with van der Waals surface area (Å²) in [5.74, 6) is -0.0187. The van der Waals surface area contributed by atoms with Crippen molar-refractivity contribution in [2.24, 2.45) is 5.92 Å². The molecule has 0 radical (unpaired) electrons. The van der Waals surface area contributed by atoms with Crippen molar-refractivity contribution in [3.63, 3.8) is 0 Å². The van der Waals surface area contributed by atoms with E-state index in [1.165, 1.54) is 0 Å². The van der Waals surface area contributed by atoms with Crippen molar-refractivity contribution in [2.75, 3.05) is 14.1 Å². The topological polar surface area (TPSA) is 24.7 Å². The fraction of sp³-hybridized carbons (Fsp3) is 0.750. The molecule has 0 bridgehead atoms. The van der Waals surface area contributed by atoms with E-state index in [9.17, 15) is 4.79 Å². The molecule has 0 saturated heterocycles. The first-order chi connectivity index (χ1) is 5.00. The molecule has 0 aromatic carbocycles. The van der Waals surface area contributed by atoms with Crippen molar-refractivity contribution in [3.05, 3.63) is 4.85 Å². The second kappa shape index (κ2) is 4.09. The van der Waals surface area contributed by atoms with Gasteiger partial charge in [-0.2, -0.15) is 4.79 Å². The predicted octanol–water partition coefficient (Wildman–Crippen LogP) is 1.06. The number of carbonyl (C=O) groups is 1. The molecule has 0 unspecified atom stereocenters. The van der Waals surface area contributed by atoms with Crippen LogP contribution in [0.5, 0.6) is 0 Å². The van der Waals surface area contributed by atoms with E-state index in [4.69, 9.17) is 6.57 Å². The first-order valence-electron chi connectivity index (χ1n) is 3.62. The molecule has 0 saturated carbocycles. The molecule has 0 aliphatic rings. The highest BCUT2D eigenvalue weighted by molar-refractivity contribution is 5.91. The largest absolute Gasteiger partial charge is 0.531 e. The van der Waals surface area contributed by atoms with Gasteiger partial charge in [-0.1, -0.05) is 13.8 Å². The maximum Gasteiger partial charge on any atom is 0.531 e. The minimum atomic E-state index is -0.259. The maximum atomic E-state index is 11.1. The summed E-state index contributed by atoms with van der Waals surface area (Å²) in [6.45, 7) is 8.83. The first-order valence-corrected chi connectivity index (χ1v) is 3.62. The van der Waals surface area contributed by atoms with E-state index in [1.807, 2.05) is 32.8 Å². The van der Waals surface area contributed by atoms with Gasteiger partial charge in [0.2, 0.25) is 0 Å². The average Bonchev–Trinajstić information content (AvgIpc) is 1.85. The standard InChI is InChI=1S/C8H15N2O/c1-6(2)7(10(4)5)8(11)9-3/h3,6-7H,1-2,4-5H3/q+1/t7-/m0/s1. The van der Waals surface area contributed by atoms with Crippen LogP contribution in [0.15, 0.2) is 0 Å². The zero-order valence-electron chi connectivity index (χ0n) is 7.53. The molecule has 0 aliphatic carbocycles. The van der Waals surface area contributed by atoms with Gasteiger partial charge in [-0.05, 0) is 20.0 Å². The summed E-state index contributed by atoms with van der Waals surface area (Å²) in [6.07, 6.45) is 0. The van der Waals surface area contributed by atoms with Crippen molar-refractivity contribution < 1.29 is 4.79 Å². The molecule has 0 aliphatic heterocycles. The Morgan fingerprint density at radius 1 is 1.45 bits per heavy atom. The first kappa shape index (κ1) is 10.1. The molecule has 1 amide bonds. The summed E-state index contributed by atoms with van der Waals surface area (Å²) in [4.78, 5) is 16.0. The molecule has 0 heterocycles. The average molecular weight is 155 g/mol. The van der Waals surface area contributed by atoms with Crippen molar-refractivity contribution in [3.8, 4) is 6.57 Å². The van der Waals surface area contributed by atoms with Gasteiger partial charge >= 0.3 is 5.91 Å². The van der Waals surface area contributed by atoms with Gasteiger partial charge in [0.1, 0.15) is 0 Å². The van der Waals surface area contributed by atoms with E-state index < -0.39 is 0 Å². The highest BCUT2D eigenvalue weighted by atomic mass is 16.1. The molecule has 1 atom stereocenters. The van der Waals surface area contributed by atoms with E-state index in [0.29, 0.717) is 0 Å². The molecule has 11 heavy (non-hydrogen) atoms. The van der Waals surface area contributed by atoms with Crippen LogP contribution in [-0.4, -0.2) is 30.9 Å². The monoisotopic (exact) mass is 155 g/mol. The number of rotatable bonds is 3. The lowest BCUT2D eigenvalue weighted by atomic mass is 10.0. The third kappa shape index (κ3) is 2.69. The van der Waals surface area contributed by atoms with Crippen LogP contribution in [0.2, 0.25) is 0 Å². The summed E-state index contributed by atoms with van der Waals surface area (Å²) in [6, 6.07) is -0.194. The van der Waals surface area contributed by atoms with Gasteiger partial charge in [-0.25, -0.2) is 0 Å². The quantitative estimate of drug-likeness (QED) is 0.608. The zero-order chi connectivity index (χ0) is 9.02. The van der Waals surface area contributed by atoms with Crippen LogP contribution in [0, 0.1) is 12.5 Å². The Morgan fingerprint density at radius 2 is 1.91 bits per heavy atom. The molecular formula is C8H15N2O+. The Hall–Kier alpha value is -0.880. The fourth-order valence-corrected chi connectivity index (χ4v) is 1.18. The Morgan fingerprint density at radius 3 is 2.00 bits per heavy atom. The Balaban J connectivity index is 4.37. The van der Waals surface area contributed by atoms with Crippen molar-refractivity contribution in [1.29, 1.82) is 0 Å². The minimum absolute atomic E-state index is 0.194. The van der Waals surface area contributed by atoms with Gasteiger partial charge in [0, 0.05) is 4.85 Å². The number of likely N-dealkylation sites (N-methyl/N-ethyl adjacent to an activating group) is 1. The maximum absolute atomic E-state index is 11.1. The summed E-state index contributed by atoms with van der Waals surface area (Å²) in [7, 11) is 3.68. The van der Waals surface area contributed by atoms with Crippen LogP contribution >= 0.6 is 0 Å². The third-order valence-electron chi connectivity index (χ3n) is 1.57. The van der Waals surface area contributed by atoms with Gasteiger partial charge < -0.3 is 0 Å². The number of amides is 1. The van der Waals surface area contributed by atoms with Gasteiger partial charge in [-0.15, -0.1) is 0 Å². The SMILES string of the molecule is C#[N+]C(=O)[C@H](C(C)C)N(C)C. The lowest BCUT2D eigenvalue weighted by Crippen LogP contribution is -2.38. The molecule has 0 spiro atoms. The normalized spacial score (nSPS) is 13.2. The molecule has 0 rings (SSSR count).